The molecule has 0 amide bonds. The Morgan fingerprint density at radius 2 is 2.12 bits per heavy atom. The van der Waals surface area contributed by atoms with Gasteiger partial charge in [0.25, 0.3) is 0 Å². The van der Waals surface area contributed by atoms with Crippen LogP contribution in [0.4, 0.5) is 0 Å². The number of aryl methyl sites for hydroxylation is 1. The summed E-state index contributed by atoms with van der Waals surface area (Å²) in [5, 5.41) is 17.2. The Morgan fingerprint density at radius 1 is 1.35 bits per heavy atom. The van der Waals surface area contributed by atoms with Gasteiger partial charge in [0.05, 0.1) is 11.7 Å². The number of aromatic nitrogens is 2. The number of carbonyl (C=O) groups is 1. The normalized spacial score (nSPS) is 20.5. The second kappa shape index (κ2) is 4.14. The van der Waals surface area contributed by atoms with E-state index in [2.05, 4.69) is 10.4 Å². The summed E-state index contributed by atoms with van der Waals surface area (Å²) >= 11 is 0. The maximum Gasteiger partial charge on any atom is 0.354 e. The number of nitrogens with zero attached hydrogens (tertiary/aromatic N) is 2. The van der Waals surface area contributed by atoms with Crippen molar-refractivity contribution >= 4 is 5.97 Å². The Hall–Kier alpha value is -1.36. The summed E-state index contributed by atoms with van der Waals surface area (Å²) in [5.74, 6) is -0.820. The maximum atomic E-state index is 11.4. The molecule has 1 saturated heterocycles. The molecule has 1 aliphatic carbocycles. The molecule has 2 heterocycles. The highest BCUT2D eigenvalue weighted by Crippen LogP contribution is 2.29. The lowest BCUT2D eigenvalue weighted by molar-refractivity contribution is 0.0677. The summed E-state index contributed by atoms with van der Waals surface area (Å²) in [5.41, 5.74) is 2.45. The van der Waals surface area contributed by atoms with Crippen molar-refractivity contribution < 1.29 is 9.90 Å². The minimum atomic E-state index is -0.820. The first-order valence-corrected chi connectivity index (χ1v) is 6.31. The van der Waals surface area contributed by atoms with E-state index in [1.54, 1.807) is 4.68 Å². The lowest BCUT2D eigenvalue weighted by Gasteiger charge is -2.24. The number of carboxylic acids is 1. The fourth-order valence-electron chi connectivity index (χ4n) is 2.95. The Balaban J connectivity index is 2.00. The second-order valence-corrected chi connectivity index (χ2v) is 4.86. The molecule has 3 rings (SSSR count). The number of hydrogen-bond acceptors (Lipinski definition) is 3. The molecule has 0 saturated carbocycles. The average Bonchev–Trinajstić information content (AvgIpc) is 2.88. The van der Waals surface area contributed by atoms with Crippen molar-refractivity contribution in [1.29, 1.82) is 0 Å². The van der Waals surface area contributed by atoms with Crippen molar-refractivity contribution in [2.75, 3.05) is 13.1 Å². The molecule has 0 unspecified atom stereocenters. The first kappa shape index (κ1) is 10.8. The molecule has 0 spiro atoms. The fraction of sp³-hybridized carbons (Fsp3) is 0.667. The van der Waals surface area contributed by atoms with Gasteiger partial charge in [0.15, 0.2) is 0 Å². The molecule has 2 N–H and O–H groups in total. The van der Waals surface area contributed by atoms with Crippen LogP contribution in [-0.2, 0) is 12.8 Å². The van der Waals surface area contributed by atoms with Crippen molar-refractivity contribution in [1.82, 2.24) is 15.1 Å². The monoisotopic (exact) mass is 235 g/mol. The molecule has 1 aromatic rings. The van der Waals surface area contributed by atoms with E-state index in [4.69, 9.17) is 0 Å². The predicted octanol–water partition coefficient (Wildman–Crippen LogP) is 0.994. The lowest BCUT2D eigenvalue weighted by atomic mass is 10.1. The minimum Gasteiger partial charge on any atom is -0.477 e. The van der Waals surface area contributed by atoms with E-state index in [1.165, 1.54) is 0 Å². The number of fused-ring (bicyclic) bond motifs is 1. The van der Waals surface area contributed by atoms with Gasteiger partial charge in [-0.2, -0.15) is 5.10 Å². The molecule has 0 atom stereocenters. The highest BCUT2D eigenvalue weighted by Gasteiger charge is 2.29. The highest BCUT2D eigenvalue weighted by molar-refractivity contribution is 5.88. The van der Waals surface area contributed by atoms with Gasteiger partial charge in [0, 0.05) is 5.56 Å². The van der Waals surface area contributed by atoms with Crippen LogP contribution in [0.1, 0.15) is 47.1 Å². The molecule has 0 bridgehead atoms. The Kier molecular flexibility index (Phi) is 2.63. The van der Waals surface area contributed by atoms with Gasteiger partial charge in [-0.15, -0.1) is 0 Å². The third-order valence-electron chi connectivity index (χ3n) is 3.79. The molecular formula is C12H17N3O2. The fourth-order valence-corrected chi connectivity index (χ4v) is 2.95. The Morgan fingerprint density at radius 3 is 2.82 bits per heavy atom. The predicted molar refractivity (Wildman–Crippen MR) is 62.4 cm³/mol. The second-order valence-electron chi connectivity index (χ2n) is 4.86. The molecule has 0 radical (unpaired) electrons. The molecule has 2 aliphatic rings. The van der Waals surface area contributed by atoms with Crippen LogP contribution in [0.2, 0.25) is 0 Å². The third kappa shape index (κ3) is 1.74. The van der Waals surface area contributed by atoms with Gasteiger partial charge in [-0.05, 0) is 45.2 Å². The van der Waals surface area contributed by atoms with Gasteiger partial charge < -0.3 is 10.4 Å². The van der Waals surface area contributed by atoms with E-state index in [-0.39, 0.29) is 6.04 Å². The van der Waals surface area contributed by atoms with Gasteiger partial charge in [-0.25, -0.2) is 4.79 Å². The van der Waals surface area contributed by atoms with Crippen LogP contribution in [0.25, 0.3) is 0 Å². The highest BCUT2D eigenvalue weighted by atomic mass is 16.4. The third-order valence-corrected chi connectivity index (χ3v) is 3.79. The topological polar surface area (TPSA) is 67.1 Å². The lowest BCUT2D eigenvalue weighted by Crippen LogP contribution is -2.31. The number of hydrogen-bond donors (Lipinski definition) is 2. The van der Waals surface area contributed by atoms with Gasteiger partial charge >= 0.3 is 5.97 Å². The zero-order valence-corrected chi connectivity index (χ0v) is 9.78. The first-order chi connectivity index (χ1) is 8.27. The SMILES string of the molecule is O=C(O)c1c2c(nn1C1CCNCC1)CCC2. The van der Waals surface area contributed by atoms with Gasteiger partial charge in [-0.1, -0.05) is 0 Å². The van der Waals surface area contributed by atoms with E-state index >= 15 is 0 Å². The minimum absolute atomic E-state index is 0.257. The average molecular weight is 235 g/mol. The van der Waals surface area contributed by atoms with Crippen LogP contribution in [0, 0.1) is 0 Å². The molecule has 1 fully saturated rings. The van der Waals surface area contributed by atoms with Crippen LogP contribution in [-0.4, -0.2) is 33.9 Å². The van der Waals surface area contributed by atoms with Crippen molar-refractivity contribution in [2.45, 2.75) is 38.1 Å². The van der Waals surface area contributed by atoms with Crippen molar-refractivity contribution in [3.05, 3.63) is 17.0 Å². The summed E-state index contributed by atoms with van der Waals surface area (Å²) in [4.78, 5) is 11.4. The van der Waals surface area contributed by atoms with Crippen LogP contribution in [0.3, 0.4) is 0 Å². The molecule has 5 heteroatoms. The summed E-state index contributed by atoms with van der Waals surface area (Å²) in [6, 6.07) is 0.257. The van der Waals surface area contributed by atoms with Crippen molar-refractivity contribution in [3.63, 3.8) is 0 Å². The summed E-state index contributed by atoms with van der Waals surface area (Å²) in [6.45, 7) is 1.91. The summed E-state index contributed by atoms with van der Waals surface area (Å²) < 4.78 is 1.78. The standard InChI is InChI=1S/C12H17N3O2/c16-12(17)11-9-2-1-3-10(9)14-15(11)8-4-6-13-7-5-8/h8,13H,1-7H2,(H,16,17). The van der Waals surface area contributed by atoms with Crippen LogP contribution >= 0.6 is 0 Å². The molecule has 0 aromatic carbocycles. The summed E-state index contributed by atoms with van der Waals surface area (Å²) in [6.07, 6.45) is 4.81. The van der Waals surface area contributed by atoms with E-state index in [1.807, 2.05) is 0 Å². The maximum absolute atomic E-state index is 11.4. The van der Waals surface area contributed by atoms with Crippen LogP contribution < -0.4 is 5.32 Å². The molecule has 17 heavy (non-hydrogen) atoms. The van der Waals surface area contributed by atoms with Crippen molar-refractivity contribution in [2.24, 2.45) is 0 Å². The molecule has 5 nitrogen and oxygen atoms in total. The molecular weight excluding hydrogens is 218 g/mol. The first-order valence-electron chi connectivity index (χ1n) is 6.31. The van der Waals surface area contributed by atoms with Crippen molar-refractivity contribution in [3.8, 4) is 0 Å². The number of piperidine rings is 1. The van der Waals surface area contributed by atoms with E-state index in [0.29, 0.717) is 5.69 Å². The molecule has 92 valence electrons. The largest absolute Gasteiger partial charge is 0.477 e. The zero-order chi connectivity index (χ0) is 11.8. The van der Waals surface area contributed by atoms with E-state index in [0.717, 1.165) is 56.5 Å². The smallest absolute Gasteiger partial charge is 0.354 e. The zero-order valence-electron chi connectivity index (χ0n) is 9.78. The molecule has 1 aromatic heterocycles. The van der Waals surface area contributed by atoms with Crippen LogP contribution in [0.15, 0.2) is 0 Å². The quantitative estimate of drug-likeness (QED) is 0.802. The number of nitrogens with one attached hydrogen (secondary N) is 1. The van der Waals surface area contributed by atoms with Crippen LogP contribution in [0.5, 0.6) is 0 Å². The van der Waals surface area contributed by atoms with E-state index in [9.17, 15) is 9.90 Å². The van der Waals surface area contributed by atoms with Gasteiger partial charge in [0.2, 0.25) is 0 Å². The number of aromatic carboxylic acids is 1. The van der Waals surface area contributed by atoms with Gasteiger partial charge in [-0.3, -0.25) is 4.68 Å². The van der Waals surface area contributed by atoms with Gasteiger partial charge in [0.1, 0.15) is 5.69 Å². The van der Waals surface area contributed by atoms with E-state index < -0.39 is 5.97 Å². The Bertz CT molecular complexity index is 447. The Labute approximate surface area is 99.8 Å². The number of carboxylic acid groups (broad SMARTS) is 1. The summed E-state index contributed by atoms with van der Waals surface area (Å²) in [7, 11) is 0. The number of rotatable bonds is 2. The molecule has 1 aliphatic heterocycles.